The second-order valence-corrected chi connectivity index (χ2v) is 5.35. The van der Waals surface area contributed by atoms with Crippen molar-refractivity contribution in [1.82, 2.24) is 4.98 Å². The topological polar surface area (TPSA) is 47.0 Å². The molecule has 1 aromatic rings. The van der Waals surface area contributed by atoms with Crippen molar-refractivity contribution in [1.29, 1.82) is 0 Å². The number of hydrogen-bond donors (Lipinski definition) is 0. The fourth-order valence-electron chi connectivity index (χ4n) is 0.923. The minimum Gasteiger partial charge on any atom is -0.234 e. The van der Waals surface area contributed by atoms with Gasteiger partial charge in [0.2, 0.25) is 0 Å². The smallest absolute Gasteiger partial charge is 0.234 e. The predicted molar refractivity (Wildman–Crippen MR) is 51.8 cm³/mol. The summed E-state index contributed by atoms with van der Waals surface area (Å²) in [5, 5.41) is -0.603. The highest BCUT2D eigenvalue weighted by Crippen LogP contribution is 2.24. The van der Waals surface area contributed by atoms with Crippen molar-refractivity contribution in [2.24, 2.45) is 0 Å². The van der Waals surface area contributed by atoms with Crippen molar-refractivity contribution in [2.75, 3.05) is 0 Å². The summed E-state index contributed by atoms with van der Waals surface area (Å²) >= 11 is 5.39. The van der Waals surface area contributed by atoms with Crippen LogP contribution in [0.2, 0.25) is 0 Å². The molecule has 0 radical (unpaired) electrons. The van der Waals surface area contributed by atoms with Crippen LogP contribution in [0.15, 0.2) is 17.2 Å². The number of halogens is 4. The molecule has 15 heavy (non-hydrogen) atoms. The Morgan fingerprint density at radius 1 is 1.40 bits per heavy atom. The predicted octanol–water partition coefficient (Wildman–Crippen LogP) is 2.69. The lowest BCUT2D eigenvalue weighted by Crippen LogP contribution is -2.02. The van der Waals surface area contributed by atoms with Crippen LogP contribution in [0.3, 0.4) is 0 Å². The number of nitrogens with zero attached hydrogens (tertiary/aromatic N) is 1. The van der Waals surface area contributed by atoms with Gasteiger partial charge in [-0.2, -0.15) is 0 Å². The third-order valence-corrected chi connectivity index (χ3v) is 3.08. The van der Waals surface area contributed by atoms with E-state index in [1.807, 2.05) is 0 Å². The van der Waals surface area contributed by atoms with E-state index in [9.17, 15) is 17.2 Å². The Labute approximate surface area is 94.4 Å². The molecule has 0 fully saturated rings. The van der Waals surface area contributed by atoms with Crippen molar-refractivity contribution >= 4 is 31.3 Å². The van der Waals surface area contributed by atoms with Gasteiger partial charge < -0.3 is 0 Å². The third kappa shape index (κ3) is 2.99. The molecular formula is C7H5Cl2F2NO2S. The van der Waals surface area contributed by atoms with Crippen LogP contribution in [0.1, 0.15) is 17.7 Å². The van der Waals surface area contributed by atoms with Gasteiger partial charge in [-0.15, -0.1) is 11.6 Å². The minimum atomic E-state index is -4.10. The molecule has 0 saturated carbocycles. The number of hydrogen-bond acceptors (Lipinski definition) is 3. The molecule has 0 amide bonds. The van der Waals surface area contributed by atoms with Gasteiger partial charge in [-0.05, 0) is 11.6 Å². The molecule has 0 atom stereocenters. The maximum absolute atomic E-state index is 12.4. The van der Waals surface area contributed by atoms with Crippen molar-refractivity contribution in [3.8, 4) is 0 Å². The van der Waals surface area contributed by atoms with E-state index in [1.54, 1.807) is 0 Å². The summed E-state index contributed by atoms with van der Waals surface area (Å²) in [6, 6.07) is 2.20. The average molecular weight is 276 g/mol. The molecule has 0 bridgehead atoms. The molecule has 0 aliphatic rings. The van der Waals surface area contributed by atoms with Crippen LogP contribution >= 0.6 is 22.3 Å². The molecule has 0 aromatic carbocycles. The first-order chi connectivity index (χ1) is 6.86. The van der Waals surface area contributed by atoms with Gasteiger partial charge in [0.1, 0.15) is 5.69 Å². The Morgan fingerprint density at radius 3 is 2.40 bits per heavy atom. The minimum absolute atomic E-state index is 0.0794. The van der Waals surface area contributed by atoms with Crippen LogP contribution in [-0.4, -0.2) is 13.4 Å². The quantitative estimate of drug-likeness (QED) is 0.630. The Bertz CT molecular complexity index is 464. The van der Waals surface area contributed by atoms with Crippen LogP contribution in [0.5, 0.6) is 0 Å². The van der Waals surface area contributed by atoms with Crippen LogP contribution in [-0.2, 0) is 14.9 Å². The van der Waals surface area contributed by atoms with E-state index in [-0.39, 0.29) is 11.4 Å². The van der Waals surface area contributed by atoms with Crippen LogP contribution in [0.4, 0.5) is 8.78 Å². The first kappa shape index (κ1) is 12.6. The number of rotatable bonds is 3. The fraction of sp³-hybridized carbons (Fsp3) is 0.286. The van der Waals surface area contributed by atoms with Gasteiger partial charge in [-0.25, -0.2) is 22.2 Å². The lowest BCUT2D eigenvalue weighted by atomic mass is 10.2. The Hall–Kier alpha value is -0.460. The largest absolute Gasteiger partial charge is 0.280 e. The molecule has 0 spiro atoms. The molecule has 8 heteroatoms. The van der Waals surface area contributed by atoms with Crippen LogP contribution < -0.4 is 0 Å². The number of pyridine rings is 1. The first-order valence-corrected chi connectivity index (χ1v) is 6.49. The Kier molecular flexibility index (Phi) is 3.86. The molecule has 1 heterocycles. The maximum Gasteiger partial charge on any atom is 0.280 e. The molecule has 1 rings (SSSR count). The van der Waals surface area contributed by atoms with E-state index >= 15 is 0 Å². The van der Waals surface area contributed by atoms with E-state index in [1.165, 1.54) is 0 Å². The zero-order valence-corrected chi connectivity index (χ0v) is 9.45. The summed E-state index contributed by atoms with van der Waals surface area (Å²) in [5.41, 5.74) is -0.581. The Morgan fingerprint density at radius 2 is 2.00 bits per heavy atom. The van der Waals surface area contributed by atoms with Gasteiger partial charge in [-0.1, -0.05) is 6.07 Å². The summed E-state index contributed by atoms with van der Waals surface area (Å²) in [5.74, 6) is -0.171. The van der Waals surface area contributed by atoms with Gasteiger partial charge in [0.25, 0.3) is 15.5 Å². The number of alkyl halides is 3. The highest BCUT2D eigenvalue weighted by atomic mass is 35.7. The van der Waals surface area contributed by atoms with Crippen molar-refractivity contribution in [3.05, 3.63) is 23.4 Å². The molecule has 0 aliphatic carbocycles. The first-order valence-electron chi connectivity index (χ1n) is 3.65. The highest BCUT2D eigenvalue weighted by Gasteiger charge is 2.19. The normalized spacial score (nSPS) is 12.1. The summed E-state index contributed by atoms with van der Waals surface area (Å²) < 4.78 is 46.5. The van der Waals surface area contributed by atoms with Gasteiger partial charge >= 0.3 is 0 Å². The van der Waals surface area contributed by atoms with Crippen LogP contribution in [0, 0.1) is 0 Å². The standard InChI is InChI=1S/C7H5Cl2F2NO2S/c8-3-4-1-2-5(15(9,13)14)12-6(4)7(10)11/h1-2,7H,3H2. The lowest BCUT2D eigenvalue weighted by Gasteiger charge is -2.05. The van der Waals surface area contributed by atoms with Crippen molar-refractivity contribution in [3.63, 3.8) is 0 Å². The second kappa shape index (κ2) is 4.59. The Balaban J connectivity index is 3.35. The molecule has 0 N–H and O–H groups in total. The zero-order chi connectivity index (χ0) is 11.6. The van der Waals surface area contributed by atoms with E-state index in [0.29, 0.717) is 0 Å². The molecular weight excluding hydrogens is 271 g/mol. The van der Waals surface area contributed by atoms with Crippen LogP contribution in [0.25, 0.3) is 0 Å². The van der Waals surface area contributed by atoms with Crippen molar-refractivity contribution < 1.29 is 17.2 Å². The zero-order valence-electron chi connectivity index (χ0n) is 7.12. The SMILES string of the molecule is O=S(=O)(Cl)c1ccc(CCl)c(C(F)F)n1. The van der Waals surface area contributed by atoms with Gasteiger partial charge in [0.15, 0.2) is 5.03 Å². The van der Waals surface area contributed by atoms with Gasteiger partial charge in [-0.3, -0.25) is 0 Å². The second-order valence-electron chi connectivity index (χ2n) is 2.57. The summed E-state index contributed by atoms with van der Waals surface area (Å²) in [4.78, 5) is 3.26. The lowest BCUT2D eigenvalue weighted by molar-refractivity contribution is 0.144. The molecule has 0 saturated heterocycles. The summed E-state index contributed by atoms with van der Waals surface area (Å²) in [6.07, 6.45) is -2.89. The van der Waals surface area contributed by atoms with E-state index in [2.05, 4.69) is 4.98 Å². The van der Waals surface area contributed by atoms with Gasteiger partial charge in [0, 0.05) is 16.6 Å². The average Bonchev–Trinajstić information content (AvgIpc) is 2.15. The molecule has 0 unspecified atom stereocenters. The molecule has 1 aromatic heterocycles. The van der Waals surface area contributed by atoms with Gasteiger partial charge in [0.05, 0.1) is 0 Å². The molecule has 0 aliphatic heterocycles. The number of aromatic nitrogens is 1. The van der Waals surface area contributed by atoms with E-state index < -0.39 is 26.2 Å². The van der Waals surface area contributed by atoms with E-state index in [4.69, 9.17) is 22.3 Å². The van der Waals surface area contributed by atoms with Crippen molar-refractivity contribution in [2.45, 2.75) is 17.3 Å². The summed E-state index contributed by atoms with van der Waals surface area (Å²) in [7, 11) is 0.863. The van der Waals surface area contributed by atoms with E-state index in [0.717, 1.165) is 12.1 Å². The molecule has 84 valence electrons. The maximum atomic E-state index is 12.4. The fourth-order valence-corrected chi connectivity index (χ4v) is 1.84. The highest BCUT2D eigenvalue weighted by molar-refractivity contribution is 8.13. The summed E-state index contributed by atoms with van der Waals surface area (Å²) in [6.45, 7) is 0. The monoisotopic (exact) mass is 275 g/mol. The molecule has 3 nitrogen and oxygen atoms in total. The third-order valence-electron chi connectivity index (χ3n) is 1.59.